The first kappa shape index (κ1) is 16.0. The second-order valence-electron chi connectivity index (χ2n) is 5.68. The standard InChI is InChI=1S/C16H28N2OS/c1-4-7-17-11-16-10-14(13(2)20-16)12-18-8-5-15(19-3)6-9-18/h10,15,17H,4-9,11-12H2,1-3H3. The van der Waals surface area contributed by atoms with Crippen LogP contribution in [0.3, 0.4) is 0 Å². The van der Waals surface area contributed by atoms with Crippen LogP contribution in [-0.2, 0) is 17.8 Å². The van der Waals surface area contributed by atoms with Gasteiger partial charge in [0.25, 0.3) is 0 Å². The number of ether oxygens (including phenoxy) is 1. The Morgan fingerprint density at radius 1 is 1.40 bits per heavy atom. The molecule has 0 amide bonds. The first-order valence-electron chi connectivity index (χ1n) is 7.77. The Morgan fingerprint density at radius 2 is 2.15 bits per heavy atom. The van der Waals surface area contributed by atoms with E-state index in [0.717, 1.165) is 32.7 Å². The van der Waals surface area contributed by atoms with Crippen molar-refractivity contribution in [3.8, 4) is 0 Å². The Bertz CT molecular complexity index is 397. The molecule has 1 aliphatic heterocycles. The summed E-state index contributed by atoms with van der Waals surface area (Å²) in [5, 5.41) is 3.49. The highest BCUT2D eigenvalue weighted by Gasteiger charge is 2.19. The molecule has 0 saturated carbocycles. The Kier molecular flexibility index (Phi) is 6.49. The molecule has 20 heavy (non-hydrogen) atoms. The van der Waals surface area contributed by atoms with E-state index in [0.29, 0.717) is 6.10 Å². The number of hydrogen-bond donors (Lipinski definition) is 1. The molecule has 0 aliphatic carbocycles. The first-order chi connectivity index (χ1) is 9.72. The molecule has 1 saturated heterocycles. The van der Waals surface area contributed by atoms with Gasteiger partial charge in [0.1, 0.15) is 0 Å². The highest BCUT2D eigenvalue weighted by molar-refractivity contribution is 7.12. The molecule has 1 aliphatic rings. The van der Waals surface area contributed by atoms with E-state index in [2.05, 4.69) is 30.1 Å². The van der Waals surface area contributed by atoms with Crippen LogP contribution in [-0.4, -0.2) is 37.7 Å². The molecule has 114 valence electrons. The van der Waals surface area contributed by atoms with Gasteiger partial charge >= 0.3 is 0 Å². The SMILES string of the molecule is CCCNCc1cc(CN2CCC(OC)CC2)c(C)s1. The zero-order chi connectivity index (χ0) is 14.4. The molecule has 3 nitrogen and oxygen atoms in total. The van der Waals surface area contributed by atoms with Gasteiger partial charge in [-0.15, -0.1) is 11.3 Å². The van der Waals surface area contributed by atoms with Crippen molar-refractivity contribution in [2.75, 3.05) is 26.7 Å². The zero-order valence-electron chi connectivity index (χ0n) is 13.1. The van der Waals surface area contributed by atoms with E-state index in [4.69, 9.17) is 4.74 Å². The van der Waals surface area contributed by atoms with Crippen LogP contribution in [0.4, 0.5) is 0 Å². The van der Waals surface area contributed by atoms with E-state index in [-0.39, 0.29) is 0 Å². The lowest BCUT2D eigenvalue weighted by Gasteiger charge is -2.31. The number of piperidine rings is 1. The smallest absolute Gasteiger partial charge is 0.0595 e. The predicted octanol–water partition coefficient (Wildman–Crippen LogP) is 3.17. The molecule has 0 atom stereocenters. The average Bonchev–Trinajstić information content (AvgIpc) is 2.80. The van der Waals surface area contributed by atoms with Crippen LogP contribution in [0.15, 0.2) is 6.07 Å². The third-order valence-corrected chi connectivity index (χ3v) is 5.15. The maximum Gasteiger partial charge on any atom is 0.0595 e. The van der Waals surface area contributed by atoms with Crippen LogP contribution in [0, 0.1) is 6.92 Å². The van der Waals surface area contributed by atoms with E-state index >= 15 is 0 Å². The summed E-state index contributed by atoms with van der Waals surface area (Å²) in [6.07, 6.45) is 4.02. The van der Waals surface area contributed by atoms with Crippen LogP contribution in [0.25, 0.3) is 0 Å². The monoisotopic (exact) mass is 296 g/mol. The second kappa shape index (κ2) is 8.13. The van der Waals surface area contributed by atoms with Crippen LogP contribution in [0.1, 0.15) is 41.5 Å². The van der Waals surface area contributed by atoms with Crippen LogP contribution in [0.2, 0.25) is 0 Å². The number of hydrogen-bond acceptors (Lipinski definition) is 4. The number of aryl methyl sites for hydroxylation is 1. The Morgan fingerprint density at radius 3 is 2.80 bits per heavy atom. The maximum atomic E-state index is 5.44. The minimum absolute atomic E-state index is 0.476. The fraction of sp³-hybridized carbons (Fsp3) is 0.750. The highest BCUT2D eigenvalue weighted by Crippen LogP contribution is 2.24. The van der Waals surface area contributed by atoms with Gasteiger partial charge in [-0.2, -0.15) is 0 Å². The summed E-state index contributed by atoms with van der Waals surface area (Å²) in [4.78, 5) is 5.51. The Balaban J connectivity index is 1.83. The number of rotatable bonds is 7. The summed E-state index contributed by atoms with van der Waals surface area (Å²) in [5.74, 6) is 0. The van der Waals surface area contributed by atoms with Gasteiger partial charge in [-0.25, -0.2) is 0 Å². The molecule has 0 aromatic carbocycles. The lowest BCUT2D eigenvalue weighted by Crippen LogP contribution is -2.36. The predicted molar refractivity (Wildman–Crippen MR) is 86.4 cm³/mol. The molecule has 0 radical (unpaired) electrons. The molecule has 2 rings (SSSR count). The number of methoxy groups -OCH3 is 1. The molecule has 4 heteroatoms. The lowest BCUT2D eigenvalue weighted by molar-refractivity contribution is 0.0388. The van der Waals surface area contributed by atoms with Gasteiger partial charge in [0, 0.05) is 43.0 Å². The minimum Gasteiger partial charge on any atom is -0.381 e. The fourth-order valence-electron chi connectivity index (χ4n) is 2.76. The lowest BCUT2D eigenvalue weighted by atomic mass is 10.1. The minimum atomic E-state index is 0.476. The van der Waals surface area contributed by atoms with E-state index in [1.807, 2.05) is 18.4 Å². The van der Waals surface area contributed by atoms with Crippen molar-refractivity contribution in [2.45, 2.75) is 52.3 Å². The third kappa shape index (κ3) is 4.55. The summed E-state index contributed by atoms with van der Waals surface area (Å²) in [5.41, 5.74) is 1.51. The number of nitrogens with zero attached hydrogens (tertiary/aromatic N) is 1. The van der Waals surface area contributed by atoms with Crippen LogP contribution >= 0.6 is 11.3 Å². The van der Waals surface area contributed by atoms with Gasteiger partial charge < -0.3 is 10.1 Å². The summed E-state index contributed by atoms with van der Waals surface area (Å²) in [6, 6.07) is 2.39. The largest absolute Gasteiger partial charge is 0.381 e. The van der Waals surface area contributed by atoms with Crippen molar-refractivity contribution in [1.82, 2.24) is 10.2 Å². The van der Waals surface area contributed by atoms with E-state index in [1.165, 1.54) is 34.6 Å². The third-order valence-electron chi connectivity index (χ3n) is 4.06. The van der Waals surface area contributed by atoms with Crippen molar-refractivity contribution >= 4 is 11.3 Å². The van der Waals surface area contributed by atoms with Crippen molar-refractivity contribution in [3.05, 3.63) is 21.4 Å². The van der Waals surface area contributed by atoms with E-state index < -0.39 is 0 Å². The van der Waals surface area contributed by atoms with Gasteiger partial charge in [0.2, 0.25) is 0 Å². The summed E-state index contributed by atoms with van der Waals surface area (Å²) in [6.45, 7) is 10.0. The van der Waals surface area contributed by atoms with Gasteiger partial charge in [-0.05, 0) is 44.4 Å². The fourth-order valence-corrected chi connectivity index (χ4v) is 3.79. The van der Waals surface area contributed by atoms with Crippen LogP contribution in [0.5, 0.6) is 0 Å². The van der Waals surface area contributed by atoms with E-state index in [9.17, 15) is 0 Å². The van der Waals surface area contributed by atoms with Gasteiger partial charge in [0.15, 0.2) is 0 Å². The molecule has 1 aromatic heterocycles. The first-order valence-corrected chi connectivity index (χ1v) is 8.58. The Labute approximate surface area is 127 Å². The molecule has 2 heterocycles. The van der Waals surface area contributed by atoms with Crippen molar-refractivity contribution < 1.29 is 4.74 Å². The van der Waals surface area contributed by atoms with Crippen molar-refractivity contribution in [1.29, 1.82) is 0 Å². The average molecular weight is 296 g/mol. The summed E-state index contributed by atoms with van der Waals surface area (Å²) >= 11 is 1.94. The number of nitrogens with one attached hydrogen (secondary N) is 1. The van der Waals surface area contributed by atoms with Gasteiger partial charge in [0.05, 0.1) is 6.10 Å². The van der Waals surface area contributed by atoms with Crippen molar-refractivity contribution in [3.63, 3.8) is 0 Å². The molecule has 1 aromatic rings. The number of thiophene rings is 1. The van der Waals surface area contributed by atoms with Gasteiger partial charge in [-0.3, -0.25) is 4.90 Å². The quantitative estimate of drug-likeness (QED) is 0.782. The highest BCUT2D eigenvalue weighted by atomic mass is 32.1. The molecule has 1 fully saturated rings. The molecule has 0 bridgehead atoms. The molecular weight excluding hydrogens is 268 g/mol. The zero-order valence-corrected chi connectivity index (χ0v) is 13.9. The van der Waals surface area contributed by atoms with Crippen molar-refractivity contribution in [2.24, 2.45) is 0 Å². The molecule has 0 spiro atoms. The summed E-state index contributed by atoms with van der Waals surface area (Å²) < 4.78 is 5.44. The van der Waals surface area contributed by atoms with Crippen LogP contribution < -0.4 is 5.32 Å². The number of likely N-dealkylation sites (tertiary alicyclic amines) is 1. The Hall–Kier alpha value is -0.420. The molecular formula is C16H28N2OS. The second-order valence-corrected chi connectivity index (χ2v) is 7.02. The summed E-state index contributed by atoms with van der Waals surface area (Å²) in [7, 11) is 1.83. The van der Waals surface area contributed by atoms with Gasteiger partial charge in [-0.1, -0.05) is 6.92 Å². The van der Waals surface area contributed by atoms with E-state index in [1.54, 1.807) is 0 Å². The maximum absolute atomic E-state index is 5.44. The topological polar surface area (TPSA) is 24.5 Å². The molecule has 1 N–H and O–H groups in total. The normalized spacial score (nSPS) is 17.8. The molecule has 0 unspecified atom stereocenters.